The quantitative estimate of drug-likeness (QED) is 0.603. The van der Waals surface area contributed by atoms with Crippen LogP contribution >= 0.6 is 38.5 Å². The Morgan fingerprint density at radius 2 is 2.25 bits per heavy atom. The number of alkyl halides is 1. The van der Waals surface area contributed by atoms with Crippen molar-refractivity contribution in [3.05, 3.63) is 28.5 Å². The molecule has 12 heavy (non-hydrogen) atoms. The summed E-state index contributed by atoms with van der Waals surface area (Å²) in [6, 6.07) is 4.74. The van der Waals surface area contributed by atoms with Gasteiger partial charge in [0.05, 0.1) is 11.1 Å². The maximum Gasteiger partial charge on any atom is 0.141 e. The average Bonchev–Trinajstić information content (AvgIpc) is 2.07. The van der Waals surface area contributed by atoms with Gasteiger partial charge in [-0.05, 0) is 28.1 Å². The van der Waals surface area contributed by atoms with Crippen LogP contribution in [0.25, 0.3) is 0 Å². The van der Waals surface area contributed by atoms with Gasteiger partial charge in [-0.3, -0.25) is 0 Å². The smallest absolute Gasteiger partial charge is 0.141 e. The highest BCUT2D eigenvalue weighted by Gasteiger charge is 2.00. The Hall–Kier alpha value is 0.160. The molecule has 0 aliphatic carbocycles. The molecule has 0 fully saturated rings. The Morgan fingerprint density at radius 1 is 1.50 bits per heavy atom. The second-order valence-electron chi connectivity index (χ2n) is 2.11. The highest BCUT2D eigenvalue weighted by atomic mass is 127. The molecule has 0 saturated carbocycles. The topological polar surface area (TPSA) is 9.23 Å². The second kappa shape index (κ2) is 5.01. The zero-order valence-corrected chi connectivity index (χ0v) is 9.93. The summed E-state index contributed by atoms with van der Waals surface area (Å²) in [7, 11) is 0. The van der Waals surface area contributed by atoms with Crippen molar-refractivity contribution >= 4 is 38.5 Å². The number of ether oxygens (including phenoxy) is 1. The molecule has 0 radical (unpaired) electrons. The molecule has 0 N–H and O–H groups in total. The predicted molar refractivity (Wildman–Crippen MR) is 58.5 cm³/mol. The normalized spacial score (nSPS) is 9.92. The minimum atomic E-state index is -0.291. The van der Waals surface area contributed by atoms with Crippen LogP contribution in [0.2, 0.25) is 0 Å². The van der Waals surface area contributed by atoms with E-state index in [9.17, 15) is 4.39 Å². The number of benzene rings is 1. The zero-order chi connectivity index (χ0) is 8.97. The van der Waals surface area contributed by atoms with Gasteiger partial charge < -0.3 is 4.74 Å². The van der Waals surface area contributed by atoms with Crippen molar-refractivity contribution in [3.63, 3.8) is 0 Å². The largest absolute Gasteiger partial charge is 0.493 e. The first-order valence-electron chi connectivity index (χ1n) is 3.38. The first kappa shape index (κ1) is 10.2. The molecule has 0 atom stereocenters. The van der Waals surface area contributed by atoms with Crippen molar-refractivity contribution in [2.75, 3.05) is 11.0 Å². The van der Waals surface area contributed by atoms with Crippen LogP contribution in [0.5, 0.6) is 5.75 Å². The highest BCUT2D eigenvalue weighted by Crippen LogP contribution is 2.20. The van der Waals surface area contributed by atoms with Gasteiger partial charge in [0.2, 0.25) is 0 Å². The molecule has 4 heteroatoms. The van der Waals surface area contributed by atoms with Gasteiger partial charge >= 0.3 is 0 Å². The molecule has 1 rings (SSSR count). The lowest BCUT2D eigenvalue weighted by atomic mass is 10.3. The zero-order valence-electron chi connectivity index (χ0n) is 6.19. The van der Waals surface area contributed by atoms with Crippen LogP contribution in [0.15, 0.2) is 22.7 Å². The molecule has 66 valence electrons. The Morgan fingerprint density at radius 3 is 2.83 bits per heavy atom. The lowest BCUT2D eigenvalue weighted by Crippen LogP contribution is -1.97. The van der Waals surface area contributed by atoms with Crippen molar-refractivity contribution in [1.82, 2.24) is 0 Å². The maximum atomic E-state index is 12.9. The van der Waals surface area contributed by atoms with Crippen LogP contribution in [0.4, 0.5) is 4.39 Å². The van der Waals surface area contributed by atoms with Crippen LogP contribution in [-0.4, -0.2) is 11.0 Å². The van der Waals surface area contributed by atoms with E-state index in [1.807, 2.05) is 0 Å². The van der Waals surface area contributed by atoms with Crippen LogP contribution in [-0.2, 0) is 0 Å². The summed E-state index contributed by atoms with van der Waals surface area (Å²) in [6.45, 7) is 0.613. The molecule has 0 spiro atoms. The van der Waals surface area contributed by atoms with Crippen LogP contribution < -0.4 is 4.74 Å². The molecular formula is C8H7BrFIO. The lowest BCUT2D eigenvalue weighted by Gasteiger charge is -2.03. The molecule has 1 aromatic carbocycles. The van der Waals surface area contributed by atoms with E-state index in [0.717, 1.165) is 4.43 Å². The molecule has 1 nitrogen and oxygen atoms in total. The summed E-state index contributed by atoms with van der Waals surface area (Å²) in [5.74, 6) is 0.285. The van der Waals surface area contributed by atoms with Crippen LogP contribution in [0.1, 0.15) is 0 Å². The summed E-state index contributed by atoms with van der Waals surface area (Å²) in [4.78, 5) is 0. The van der Waals surface area contributed by atoms with E-state index < -0.39 is 0 Å². The van der Waals surface area contributed by atoms with Crippen LogP contribution in [0, 0.1) is 5.82 Å². The molecular weight excluding hydrogens is 338 g/mol. The molecule has 0 amide bonds. The number of hydrogen-bond donors (Lipinski definition) is 0. The fourth-order valence-corrected chi connectivity index (χ4v) is 1.19. The first-order chi connectivity index (χ1) is 5.74. The van der Waals surface area contributed by atoms with E-state index in [-0.39, 0.29) is 5.82 Å². The molecule has 1 aromatic rings. The fourth-order valence-electron chi connectivity index (χ4n) is 0.723. The molecule has 0 aliphatic rings. The summed E-state index contributed by atoms with van der Waals surface area (Å²) >= 11 is 5.27. The van der Waals surface area contributed by atoms with Gasteiger partial charge in [-0.15, -0.1) is 0 Å². The highest BCUT2D eigenvalue weighted by molar-refractivity contribution is 14.1. The monoisotopic (exact) mass is 344 g/mol. The van der Waals surface area contributed by atoms with Crippen molar-refractivity contribution in [3.8, 4) is 5.75 Å². The van der Waals surface area contributed by atoms with Crippen molar-refractivity contribution in [2.45, 2.75) is 0 Å². The summed E-state index contributed by atoms with van der Waals surface area (Å²) in [6.07, 6.45) is 0. The van der Waals surface area contributed by atoms with E-state index in [0.29, 0.717) is 16.8 Å². The number of rotatable bonds is 3. The van der Waals surface area contributed by atoms with E-state index in [4.69, 9.17) is 4.74 Å². The molecule has 0 unspecified atom stereocenters. The van der Waals surface area contributed by atoms with Crippen LogP contribution in [0.3, 0.4) is 0 Å². The third kappa shape index (κ3) is 2.90. The van der Waals surface area contributed by atoms with Crippen molar-refractivity contribution in [1.29, 1.82) is 0 Å². The minimum Gasteiger partial charge on any atom is -0.493 e. The molecule has 0 bridgehead atoms. The maximum absolute atomic E-state index is 12.9. The van der Waals surface area contributed by atoms with E-state index in [1.165, 1.54) is 6.07 Å². The summed E-state index contributed by atoms with van der Waals surface area (Å²) in [5, 5.41) is 0. The standard InChI is InChI=1S/C8H7BrFIO/c9-7-2-1-6(5-8(7)10)12-4-3-11/h1-2,5H,3-4H2. The van der Waals surface area contributed by atoms with Gasteiger partial charge in [-0.25, -0.2) is 4.39 Å². The second-order valence-corrected chi connectivity index (χ2v) is 4.05. The minimum absolute atomic E-state index is 0.291. The van der Waals surface area contributed by atoms with Gasteiger partial charge in [0.25, 0.3) is 0 Å². The molecule has 0 aliphatic heterocycles. The summed E-state index contributed by atoms with van der Waals surface area (Å²) < 4.78 is 19.5. The number of hydrogen-bond acceptors (Lipinski definition) is 1. The average molecular weight is 345 g/mol. The third-order valence-electron chi connectivity index (χ3n) is 1.24. The lowest BCUT2D eigenvalue weighted by molar-refractivity contribution is 0.344. The van der Waals surface area contributed by atoms with Gasteiger partial charge in [0.15, 0.2) is 0 Å². The first-order valence-corrected chi connectivity index (χ1v) is 5.69. The van der Waals surface area contributed by atoms with Gasteiger partial charge in [0.1, 0.15) is 11.6 Å². The molecule has 0 aromatic heterocycles. The predicted octanol–water partition coefficient (Wildman–Crippen LogP) is 3.40. The van der Waals surface area contributed by atoms with E-state index >= 15 is 0 Å². The Labute approximate surface area is 92.6 Å². The van der Waals surface area contributed by atoms with Crippen molar-refractivity contribution in [2.24, 2.45) is 0 Å². The Bertz CT molecular complexity index is 267. The Kier molecular flexibility index (Phi) is 4.28. The van der Waals surface area contributed by atoms with Crippen molar-refractivity contribution < 1.29 is 9.13 Å². The molecule has 0 saturated heterocycles. The summed E-state index contributed by atoms with van der Waals surface area (Å²) in [5.41, 5.74) is 0. The molecule has 0 heterocycles. The van der Waals surface area contributed by atoms with Gasteiger partial charge in [-0.2, -0.15) is 0 Å². The fraction of sp³-hybridized carbons (Fsp3) is 0.250. The Balaban J connectivity index is 2.69. The van der Waals surface area contributed by atoms with Gasteiger partial charge in [-0.1, -0.05) is 22.6 Å². The van der Waals surface area contributed by atoms with E-state index in [2.05, 4.69) is 38.5 Å². The van der Waals surface area contributed by atoms with Gasteiger partial charge in [0, 0.05) is 10.5 Å². The SMILES string of the molecule is Fc1cc(OCCI)ccc1Br. The van der Waals surface area contributed by atoms with E-state index in [1.54, 1.807) is 12.1 Å². The number of halogens is 3. The third-order valence-corrected chi connectivity index (χ3v) is 2.32.